The molecule has 1 aliphatic heterocycles. The van der Waals surface area contributed by atoms with Crippen molar-refractivity contribution in [3.8, 4) is 0 Å². The third-order valence-corrected chi connectivity index (χ3v) is 7.68. The van der Waals surface area contributed by atoms with E-state index in [4.69, 9.17) is 0 Å². The van der Waals surface area contributed by atoms with Crippen LogP contribution >= 0.6 is 0 Å². The number of rotatable bonds is 6. The molecule has 0 radical (unpaired) electrons. The summed E-state index contributed by atoms with van der Waals surface area (Å²) in [5, 5.41) is 7.49. The maximum Gasteiger partial charge on any atom is 0.262 e. The van der Waals surface area contributed by atoms with E-state index in [2.05, 4.69) is 15.4 Å². The molecule has 0 bridgehead atoms. The molecule has 3 heterocycles. The van der Waals surface area contributed by atoms with Crippen LogP contribution in [-0.2, 0) is 28.4 Å². The van der Waals surface area contributed by atoms with Crippen molar-refractivity contribution in [2.24, 2.45) is 18.9 Å². The van der Waals surface area contributed by atoms with Crippen molar-refractivity contribution >= 4 is 21.7 Å². The van der Waals surface area contributed by atoms with Gasteiger partial charge in [0, 0.05) is 44.4 Å². The Labute approximate surface area is 171 Å². The molecule has 2 fully saturated rings. The highest BCUT2D eigenvalue weighted by molar-refractivity contribution is 7.89. The SMILES string of the molecule is Cc1cnn(CC2CC2)c1NC(=O)C1CCN(S(=O)(=O)c2cn(C)c(C)n2)CC1. The Morgan fingerprint density at radius 3 is 2.48 bits per heavy atom. The minimum atomic E-state index is -3.63. The van der Waals surface area contributed by atoms with Crippen LogP contribution < -0.4 is 5.32 Å². The molecule has 2 aromatic heterocycles. The van der Waals surface area contributed by atoms with Crippen LogP contribution in [0.25, 0.3) is 0 Å². The highest BCUT2D eigenvalue weighted by Gasteiger charge is 2.34. The molecule has 0 atom stereocenters. The predicted octanol–water partition coefficient (Wildman–Crippen LogP) is 1.68. The van der Waals surface area contributed by atoms with Gasteiger partial charge in [-0.15, -0.1) is 0 Å². The summed E-state index contributed by atoms with van der Waals surface area (Å²) in [4.78, 5) is 17.0. The van der Waals surface area contributed by atoms with Crippen molar-refractivity contribution in [3.05, 3.63) is 23.8 Å². The number of piperidine rings is 1. The van der Waals surface area contributed by atoms with Gasteiger partial charge in [0.25, 0.3) is 10.0 Å². The molecule has 0 unspecified atom stereocenters. The zero-order valence-corrected chi connectivity index (χ0v) is 17.9. The molecule has 2 aliphatic rings. The number of amides is 1. The average Bonchev–Trinajstić information content (AvgIpc) is 3.37. The molecule has 158 valence electrons. The van der Waals surface area contributed by atoms with Gasteiger partial charge in [-0.25, -0.2) is 18.1 Å². The van der Waals surface area contributed by atoms with Gasteiger partial charge in [0.1, 0.15) is 11.6 Å². The van der Waals surface area contributed by atoms with Crippen molar-refractivity contribution in [3.63, 3.8) is 0 Å². The Bertz CT molecular complexity index is 993. The number of carbonyl (C=O) groups is 1. The molecule has 2 aromatic rings. The Morgan fingerprint density at radius 1 is 1.21 bits per heavy atom. The van der Waals surface area contributed by atoms with E-state index in [9.17, 15) is 13.2 Å². The second kappa shape index (κ2) is 7.56. The summed E-state index contributed by atoms with van der Waals surface area (Å²) in [5.41, 5.74) is 0.949. The predicted molar refractivity (Wildman–Crippen MR) is 108 cm³/mol. The Morgan fingerprint density at radius 2 is 1.90 bits per heavy atom. The number of nitrogens with zero attached hydrogens (tertiary/aromatic N) is 5. The van der Waals surface area contributed by atoms with E-state index in [0.717, 1.165) is 17.9 Å². The fourth-order valence-corrected chi connectivity index (χ4v) is 5.18. The van der Waals surface area contributed by atoms with Gasteiger partial charge in [0.05, 0.1) is 6.20 Å². The summed E-state index contributed by atoms with van der Waals surface area (Å²) in [6.07, 6.45) is 6.73. The standard InChI is InChI=1S/C19H28N6O3S/c1-13-10-20-25(11-15-4-5-15)18(13)22-19(26)16-6-8-24(9-7-16)29(27,28)17-12-23(3)14(2)21-17/h10,12,15-16H,4-9,11H2,1-3H3,(H,22,26). The molecule has 1 amide bonds. The molecule has 1 saturated heterocycles. The number of hydrogen-bond acceptors (Lipinski definition) is 5. The second-order valence-electron chi connectivity index (χ2n) is 8.21. The lowest BCUT2D eigenvalue weighted by molar-refractivity contribution is -0.121. The van der Waals surface area contributed by atoms with Gasteiger partial charge >= 0.3 is 0 Å². The van der Waals surface area contributed by atoms with Crippen LogP contribution in [0.4, 0.5) is 5.82 Å². The lowest BCUT2D eigenvalue weighted by Crippen LogP contribution is -2.41. The summed E-state index contributed by atoms with van der Waals surface area (Å²) in [6, 6.07) is 0. The second-order valence-corrected chi connectivity index (χ2v) is 10.1. The molecule has 1 N–H and O–H groups in total. The van der Waals surface area contributed by atoms with E-state index in [1.165, 1.54) is 23.3 Å². The van der Waals surface area contributed by atoms with Crippen LogP contribution in [0.15, 0.2) is 17.4 Å². The number of anilines is 1. The van der Waals surface area contributed by atoms with E-state index < -0.39 is 10.0 Å². The van der Waals surface area contributed by atoms with E-state index >= 15 is 0 Å². The molecule has 1 saturated carbocycles. The van der Waals surface area contributed by atoms with Gasteiger partial charge in [-0.2, -0.15) is 9.40 Å². The van der Waals surface area contributed by atoms with Crippen molar-refractivity contribution in [1.82, 2.24) is 23.6 Å². The normalized spacial score (nSPS) is 18.9. The largest absolute Gasteiger partial charge is 0.337 e. The van der Waals surface area contributed by atoms with E-state index in [1.807, 2.05) is 11.6 Å². The molecule has 10 heteroatoms. The van der Waals surface area contributed by atoms with Crippen LogP contribution in [-0.4, -0.2) is 51.1 Å². The van der Waals surface area contributed by atoms with Crippen molar-refractivity contribution in [1.29, 1.82) is 0 Å². The highest BCUT2D eigenvalue weighted by atomic mass is 32.2. The topological polar surface area (TPSA) is 102 Å². The molecule has 9 nitrogen and oxygen atoms in total. The lowest BCUT2D eigenvalue weighted by atomic mass is 9.97. The Balaban J connectivity index is 1.38. The van der Waals surface area contributed by atoms with E-state index in [-0.39, 0.29) is 16.9 Å². The first kappa shape index (κ1) is 20.1. The number of aromatic nitrogens is 4. The van der Waals surface area contributed by atoms with Crippen LogP contribution in [0.5, 0.6) is 0 Å². The smallest absolute Gasteiger partial charge is 0.262 e. The summed E-state index contributed by atoms with van der Waals surface area (Å²) in [7, 11) is -1.86. The van der Waals surface area contributed by atoms with Gasteiger partial charge in [-0.1, -0.05) is 0 Å². The van der Waals surface area contributed by atoms with Gasteiger partial charge in [0.2, 0.25) is 5.91 Å². The number of hydrogen-bond donors (Lipinski definition) is 1. The Hall–Kier alpha value is -2.20. The molecule has 29 heavy (non-hydrogen) atoms. The summed E-state index contributed by atoms with van der Waals surface area (Å²) in [6.45, 7) is 5.18. The third kappa shape index (κ3) is 4.09. The molecular formula is C19H28N6O3S. The van der Waals surface area contributed by atoms with E-state index in [1.54, 1.807) is 24.7 Å². The van der Waals surface area contributed by atoms with Crippen LogP contribution in [0.2, 0.25) is 0 Å². The van der Waals surface area contributed by atoms with Gasteiger partial charge < -0.3 is 9.88 Å². The summed E-state index contributed by atoms with van der Waals surface area (Å²) < 4.78 is 30.7. The molecular weight excluding hydrogens is 392 g/mol. The van der Waals surface area contributed by atoms with Crippen LogP contribution in [0.3, 0.4) is 0 Å². The lowest BCUT2D eigenvalue weighted by Gasteiger charge is -2.30. The van der Waals surface area contributed by atoms with Crippen molar-refractivity contribution < 1.29 is 13.2 Å². The van der Waals surface area contributed by atoms with Gasteiger partial charge in [-0.3, -0.25) is 4.79 Å². The monoisotopic (exact) mass is 420 g/mol. The highest BCUT2D eigenvalue weighted by Crippen LogP contribution is 2.32. The number of nitrogens with one attached hydrogen (secondary N) is 1. The molecule has 4 rings (SSSR count). The first-order valence-electron chi connectivity index (χ1n) is 10.1. The number of imidazole rings is 1. The minimum Gasteiger partial charge on any atom is -0.337 e. The Kier molecular flexibility index (Phi) is 5.24. The summed E-state index contributed by atoms with van der Waals surface area (Å²) >= 11 is 0. The van der Waals surface area contributed by atoms with Crippen LogP contribution in [0.1, 0.15) is 37.1 Å². The maximum absolute atomic E-state index is 12.8. The number of sulfonamides is 1. The fourth-order valence-electron chi connectivity index (χ4n) is 3.69. The van der Waals surface area contributed by atoms with E-state index in [0.29, 0.717) is 37.7 Å². The maximum atomic E-state index is 12.8. The van der Waals surface area contributed by atoms with Gasteiger partial charge in [-0.05, 0) is 45.4 Å². The average molecular weight is 421 g/mol. The molecule has 1 aliphatic carbocycles. The summed E-state index contributed by atoms with van der Waals surface area (Å²) in [5.74, 6) is 1.80. The first-order valence-corrected chi connectivity index (χ1v) is 11.5. The zero-order chi connectivity index (χ0) is 20.8. The zero-order valence-electron chi connectivity index (χ0n) is 17.1. The fraction of sp³-hybridized carbons (Fsp3) is 0.632. The van der Waals surface area contributed by atoms with Crippen molar-refractivity contribution in [2.75, 3.05) is 18.4 Å². The van der Waals surface area contributed by atoms with Gasteiger partial charge in [0.15, 0.2) is 5.03 Å². The number of aryl methyl sites for hydroxylation is 3. The third-order valence-electron chi connectivity index (χ3n) is 5.91. The minimum absolute atomic E-state index is 0.0589. The molecule has 0 spiro atoms. The first-order chi connectivity index (χ1) is 13.8. The molecule has 0 aromatic carbocycles. The van der Waals surface area contributed by atoms with Crippen molar-refractivity contribution in [2.45, 2.75) is 51.1 Å². The van der Waals surface area contributed by atoms with Crippen LogP contribution in [0, 0.1) is 25.7 Å². The number of carbonyl (C=O) groups excluding carboxylic acids is 1. The quantitative estimate of drug-likeness (QED) is 0.766.